The molecule has 3 aromatic rings. The van der Waals surface area contributed by atoms with Crippen LogP contribution in [0, 0.1) is 0 Å². The Morgan fingerprint density at radius 1 is 1.19 bits per heavy atom. The summed E-state index contributed by atoms with van der Waals surface area (Å²) in [5, 5.41) is 3.46. The van der Waals surface area contributed by atoms with Crippen molar-refractivity contribution in [1.82, 2.24) is 19.9 Å². The van der Waals surface area contributed by atoms with Gasteiger partial charge in [-0.05, 0) is 30.7 Å². The number of fused-ring (bicyclic) bond motifs is 1. The van der Waals surface area contributed by atoms with Crippen LogP contribution in [-0.2, 0) is 9.53 Å². The molecule has 9 heteroatoms. The average molecular weight is 385 g/mol. The van der Waals surface area contributed by atoms with Gasteiger partial charge < -0.3 is 15.0 Å². The van der Waals surface area contributed by atoms with Gasteiger partial charge in [-0.3, -0.25) is 4.79 Å². The van der Waals surface area contributed by atoms with Crippen molar-refractivity contribution in [3.63, 3.8) is 0 Å². The number of nitrogens with zero attached hydrogens (tertiary/aromatic N) is 3. The third-order valence-corrected chi connectivity index (χ3v) is 4.65. The largest absolute Gasteiger partial charge is 0.462 e. The molecule has 0 radical (unpaired) electrons. The molecule has 1 amide bonds. The maximum Gasteiger partial charge on any atom is 0.338 e. The number of H-pyrrole nitrogens is 1. The number of anilines is 1. The molecule has 3 rings (SSSR count). The molecule has 0 saturated heterocycles. The Bertz CT molecular complexity index is 926. The van der Waals surface area contributed by atoms with Crippen molar-refractivity contribution in [2.24, 2.45) is 0 Å². The first-order chi connectivity index (χ1) is 13.2. The van der Waals surface area contributed by atoms with E-state index in [4.69, 9.17) is 4.74 Å². The minimum absolute atomic E-state index is 0.176. The lowest BCUT2D eigenvalue weighted by molar-refractivity contribution is -0.113. The van der Waals surface area contributed by atoms with E-state index in [1.165, 1.54) is 24.4 Å². The van der Waals surface area contributed by atoms with E-state index in [0.717, 1.165) is 12.8 Å². The van der Waals surface area contributed by atoms with Gasteiger partial charge in [0.2, 0.25) is 5.91 Å². The number of benzene rings is 1. The molecule has 27 heavy (non-hydrogen) atoms. The smallest absolute Gasteiger partial charge is 0.338 e. The molecule has 0 aliphatic rings. The summed E-state index contributed by atoms with van der Waals surface area (Å²) in [6.45, 7) is 2.45. The summed E-state index contributed by atoms with van der Waals surface area (Å²) in [5.74, 6) is -0.347. The molecule has 0 fully saturated rings. The van der Waals surface area contributed by atoms with Crippen molar-refractivity contribution >= 4 is 40.5 Å². The van der Waals surface area contributed by atoms with E-state index in [9.17, 15) is 9.59 Å². The molecule has 0 unspecified atom stereocenters. The summed E-state index contributed by atoms with van der Waals surface area (Å²) in [4.78, 5) is 39.3. The maximum atomic E-state index is 12.2. The third-order valence-electron chi connectivity index (χ3n) is 3.66. The minimum atomic E-state index is -0.357. The molecule has 0 aliphatic heterocycles. The normalized spacial score (nSPS) is 10.7. The van der Waals surface area contributed by atoms with E-state index in [2.05, 4.69) is 25.3 Å². The number of unbranched alkanes of at least 4 members (excludes halogenated alkanes) is 1. The number of carbonyl (C=O) groups is 2. The first-order valence-corrected chi connectivity index (χ1v) is 9.50. The Labute approximate surface area is 160 Å². The van der Waals surface area contributed by atoms with Gasteiger partial charge in [0.1, 0.15) is 16.9 Å². The van der Waals surface area contributed by atoms with Crippen molar-refractivity contribution < 1.29 is 14.3 Å². The van der Waals surface area contributed by atoms with Crippen LogP contribution in [-0.4, -0.2) is 44.2 Å². The van der Waals surface area contributed by atoms with Crippen LogP contribution in [0.25, 0.3) is 11.2 Å². The number of ether oxygens (including phenoxy) is 1. The SMILES string of the molecule is CCCCOC(=O)c1ccc(NC(=O)CSc2ncnc3nc[nH]c23)cc1. The first-order valence-electron chi connectivity index (χ1n) is 8.51. The standard InChI is InChI=1S/C18H19N5O3S/c1-2-3-8-26-18(25)12-4-6-13(7-5-12)23-14(24)9-27-17-15-16(20-10-19-15)21-11-22-17/h4-7,10-11H,2-3,8-9H2,1H3,(H,23,24)(H,19,20,21,22). The lowest BCUT2D eigenvalue weighted by atomic mass is 10.2. The Morgan fingerprint density at radius 2 is 2.00 bits per heavy atom. The number of amides is 1. The van der Waals surface area contributed by atoms with Crippen LogP contribution >= 0.6 is 11.8 Å². The summed E-state index contributed by atoms with van der Waals surface area (Å²) in [6.07, 6.45) is 4.77. The molecule has 0 spiro atoms. The number of aromatic nitrogens is 4. The Morgan fingerprint density at radius 3 is 2.78 bits per heavy atom. The lowest BCUT2D eigenvalue weighted by Crippen LogP contribution is -2.14. The average Bonchev–Trinajstić information content (AvgIpc) is 3.16. The van der Waals surface area contributed by atoms with Crippen molar-refractivity contribution in [3.05, 3.63) is 42.5 Å². The molecule has 0 saturated carbocycles. The fourth-order valence-electron chi connectivity index (χ4n) is 2.27. The predicted octanol–water partition coefficient (Wildman–Crippen LogP) is 3.04. The Kier molecular flexibility index (Phi) is 6.37. The topological polar surface area (TPSA) is 110 Å². The zero-order valence-corrected chi connectivity index (χ0v) is 15.6. The third kappa shape index (κ3) is 5.04. The second kappa shape index (κ2) is 9.13. The van der Waals surface area contributed by atoms with Gasteiger partial charge >= 0.3 is 5.97 Å². The van der Waals surface area contributed by atoms with Crippen LogP contribution in [0.4, 0.5) is 5.69 Å². The molecule has 2 aromatic heterocycles. The van der Waals surface area contributed by atoms with Crippen LogP contribution in [0.15, 0.2) is 41.9 Å². The zero-order valence-electron chi connectivity index (χ0n) is 14.8. The highest BCUT2D eigenvalue weighted by atomic mass is 32.2. The van der Waals surface area contributed by atoms with Crippen LogP contribution in [0.5, 0.6) is 0 Å². The maximum absolute atomic E-state index is 12.2. The molecule has 8 nitrogen and oxygen atoms in total. The minimum Gasteiger partial charge on any atom is -0.462 e. The second-order valence-electron chi connectivity index (χ2n) is 5.68. The number of thioether (sulfide) groups is 1. The fraction of sp³-hybridized carbons (Fsp3) is 0.278. The molecule has 0 bridgehead atoms. The summed E-state index contributed by atoms with van der Waals surface area (Å²) in [5.41, 5.74) is 2.34. The van der Waals surface area contributed by atoms with Gasteiger partial charge in [-0.1, -0.05) is 25.1 Å². The van der Waals surface area contributed by atoms with Gasteiger partial charge in [0.15, 0.2) is 5.65 Å². The summed E-state index contributed by atoms with van der Waals surface area (Å²) in [7, 11) is 0. The van der Waals surface area contributed by atoms with E-state index < -0.39 is 0 Å². The number of aromatic amines is 1. The molecule has 2 heterocycles. The van der Waals surface area contributed by atoms with Crippen LogP contribution < -0.4 is 5.32 Å². The van der Waals surface area contributed by atoms with Crippen molar-refractivity contribution in [3.8, 4) is 0 Å². The number of esters is 1. The second-order valence-corrected chi connectivity index (χ2v) is 6.65. The van der Waals surface area contributed by atoms with Gasteiger partial charge in [-0.2, -0.15) is 0 Å². The molecular weight excluding hydrogens is 366 g/mol. The van der Waals surface area contributed by atoms with E-state index >= 15 is 0 Å². The van der Waals surface area contributed by atoms with Gasteiger partial charge in [0, 0.05) is 5.69 Å². The molecule has 1 aromatic carbocycles. The van der Waals surface area contributed by atoms with E-state index in [-0.39, 0.29) is 17.6 Å². The highest BCUT2D eigenvalue weighted by molar-refractivity contribution is 8.00. The van der Waals surface area contributed by atoms with Crippen LogP contribution in [0.2, 0.25) is 0 Å². The summed E-state index contributed by atoms with van der Waals surface area (Å²) < 4.78 is 5.16. The highest BCUT2D eigenvalue weighted by Gasteiger charge is 2.11. The highest BCUT2D eigenvalue weighted by Crippen LogP contribution is 2.22. The Balaban J connectivity index is 1.52. The van der Waals surface area contributed by atoms with Gasteiger partial charge in [0.05, 0.1) is 24.3 Å². The quantitative estimate of drug-likeness (QED) is 0.265. The van der Waals surface area contributed by atoms with E-state index in [1.54, 1.807) is 24.3 Å². The number of nitrogens with one attached hydrogen (secondary N) is 2. The van der Waals surface area contributed by atoms with Crippen molar-refractivity contribution in [1.29, 1.82) is 0 Å². The molecule has 0 aliphatic carbocycles. The lowest BCUT2D eigenvalue weighted by Gasteiger charge is -2.07. The van der Waals surface area contributed by atoms with Gasteiger partial charge in [-0.15, -0.1) is 0 Å². The van der Waals surface area contributed by atoms with Gasteiger partial charge in [0.25, 0.3) is 0 Å². The number of carbonyl (C=O) groups excluding carboxylic acids is 2. The first kappa shape index (κ1) is 18.8. The van der Waals surface area contributed by atoms with E-state index in [0.29, 0.717) is 34.0 Å². The summed E-state index contributed by atoms with van der Waals surface area (Å²) in [6, 6.07) is 6.62. The number of hydrogen-bond donors (Lipinski definition) is 2. The van der Waals surface area contributed by atoms with Crippen molar-refractivity contribution in [2.45, 2.75) is 24.8 Å². The van der Waals surface area contributed by atoms with Gasteiger partial charge in [-0.25, -0.2) is 19.7 Å². The number of imidazole rings is 1. The number of rotatable bonds is 8. The monoisotopic (exact) mass is 385 g/mol. The zero-order chi connectivity index (χ0) is 19.1. The number of hydrogen-bond acceptors (Lipinski definition) is 7. The Hall–Kier alpha value is -2.94. The van der Waals surface area contributed by atoms with E-state index in [1.807, 2.05) is 6.92 Å². The molecule has 2 N–H and O–H groups in total. The molecule has 0 atom stereocenters. The van der Waals surface area contributed by atoms with Crippen molar-refractivity contribution in [2.75, 3.05) is 17.7 Å². The predicted molar refractivity (Wildman–Crippen MR) is 103 cm³/mol. The molecule has 140 valence electrons. The molecular formula is C18H19N5O3S. The summed E-state index contributed by atoms with van der Waals surface area (Å²) >= 11 is 1.29. The fourth-order valence-corrected chi connectivity index (χ4v) is 3.02. The van der Waals surface area contributed by atoms with Crippen LogP contribution in [0.3, 0.4) is 0 Å². The van der Waals surface area contributed by atoms with Crippen LogP contribution in [0.1, 0.15) is 30.1 Å².